The number of nitrogens with zero attached hydrogens (tertiary/aromatic N) is 2. The first-order chi connectivity index (χ1) is 11.2. The lowest BCUT2D eigenvalue weighted by molar-refractivity contribution is 0.0619. The van der Waals surface area contributed by atoms with Crippen molar-refractivity contribution in [1.82, 2.24) is 14.6 Å². The second kappa shape index (κ2) is 5.72. The van der Waals surface area contributed by atoms with E-state index in [0.717, 1.165) is 44.0 Å². The maximum Gasteiger partial charge on any atom is 0.271 e. The Balaban J connectivity index is 1.59. The van der Waals surface area contributed by atoms with Crippen LogP contribution in [0.3, 0.4) is 0 Å². The first-order valence-electron chi connectivity index (χ1n) is 7.82. The summed E-state index contributed by atoms with van der Waals surface area (Å²) in [4.78, 5) is 15.0. The first-order valence-corrected chi connectivity index (χ1v) is 8.60. The summed E-state index contributed by atoms with van der Waals surface area (Å²) in [6, 6.07) is 3.41. The van der Waals surface area contributed by atoms with Crippen molar-refractivity contribution < 1.29 is 13.9 Å². The van der Waals surface area contributed by atoms with Gasteiger partial charge in [-0.25, -0.2) is 4.39 Å². The van der Waals surface area contributed by atoms with Crippen molar-refractivity contribution in [3.05, 3.63) is 23.6 Å². The average molecular weight is 335 g/mol. The van der Waals surface area contributed by atoms with E-state index in [1.807, 2.05) is 0 Å². The summed E-state index contributed by atoms with van der Waals surface area (Å²) in [5, 5.41) is 3.65. The Morgan fingerprint density at radius 1 is 1.43 bits per heavy atom. The molecular weight excluding hydrogens is 317 g/mol. The van der Waals surface area contributed by atoms with Gasteiger partial charge in [0.1, 0.15) is 5.69 Å². The number of hydrogen-bond acceptors (Lipinski definition) is 5. The van der Waals surface area contributed by atoms with Crippen molar-refractivity contribution >= 4 is 27.5 Å². The fourth-order valence-electron chi connectivity index (χ4n) is 3.64. The van der Waals surface area contributed by atoms with Gasteiger partial charge in [-0.05, 0) is 55.5 Å². The van der Waals surface area contributed by atoms with Crippen molar-refractivity contribution in [2.24, 2.45) is 5.92 Å². The normalized spacial score (nSPS) is 26.4. The highest BCUT2D eigenvalue weighted by Gasteiger charge is 2.35. The number of benzene rings is 1. The van der Waals surface area contributed by atoms with Crippen molar-refractivity contribution in [2.75, 3.05) is 26.7 Å². The quantitative estimate of drug-likeness (QED) is 0.935. The molecule has 1 aromatic carbocycles. The van der Waals surface area contributed by atoms with E-state index in [2.05, 4.69) is 14.6 Å². The lowest BCUT2D eigenvalue weighted by Crippen LogP contribution is -2.57. The van der Waals surface area contributed by atoms with Gasteiger partial charge in [-0.2, -0.15) is 4.37 Å². The average Bonchev–Trinajstić information content (AvgIpc) is 3.01. The zero-order valence-electron chi connectivity index (χ0n) is 12.8. The molecule has 0 aliphatic carbocycles. The van der Waals surface area contributed by atoms with Gasteiger partial charge in [0, 0.05) is 18.0 Å². The first kappa shape index (κ1) is 14.8. The highest BCUT2D eigenvalue weighted by atomic mass is 32.1. The zero-order chi connectivity index (χ0) is 16.0. The smallest absolute Gasteiger partial charge is 0.271 e. The van der Waals surface area contributed by atoms with E-state index in [1.54, 1.807) is 6.07 Å². The molecule has 1 aromatic heterocycles. The minimum Gasteiger partial charge on any atom is -0.494 e. The number of aromatic nitrogens is 1. The number of ether oxygens (including phenoxy) is 1. The minimum absolute atomic E-state index is 0.171. The monoisotopic (exact) mass is 335 g/mol. The molecule has 122 valence electrons. The summed E-state index contributed by atoms with van der Waals surface area (Å²) in [6.07, 6.45) is 2.27. The number of nitrogens with one attached hydrogen (secondary N) is 1. The summed E-state index contributed by atoms with van der Waals surface area (Å²) in [5.74, 6) is 0.0557. The van der Waals surface area contributed by atoms with Gasteiger partial charge in [0.15, 0.2) is 11.6 Å². The molecule has 4 heterocycles. The molecule has 7 heteroatoms. The predicted molar refractivity (Wildman–Crippen MR) is 86.5 cm³/mol. The molecule has 3 aliphatic heterocycles. The molecule has 2 bridgehead atoms. The Morgan fingerprint density at radius 2 is 2.22 bits per heavy atom. The van der Waals surface area contributed by atoms with E-state index < -0.39 is 5.82 Å². The molecule has 2 aromatic rings. The van der Waals surface area contributed by atoms with Crippen LogP contribution < -0.4 is 10.1 Å². The highest BCUT2D eigenvalue weighted by Crippen LogP contribution is 2.32. The Labute approximate surface area is 137 Å². The largest absolute Gasteiger partial charge is 0.494 e. The molecule has 5 rings (SSSR count). The van der Waals surface area contributed by atoms with E-state index in [4.69, 9.17) is 4.74 Å². The maximum atomic E-state index is 14.2. The molecule has 5 nitrogen and oxygen atoms in total. The summed E-state index contributed by atoms with van der Waals surface area (Å²) in [7, 11) is 1.42. The molecule has 0 radical (unpaired) electrons. The fraction of sp³-hybridized carbons (Fsp3) is 0.500. The Bertz CT molecular complexity index is 755. The second-order valence-corrected chi connectivity index (χ2v) is 6.98. The number of hydrogen-bond donors (Lipinski definition) is 1. The van der Waals surface area contributed by atoms with Crippen molar-refractivity contribution in [3.8, 4) is 5.75 Å². The van der Waals surface area contributed by atoms with Gasteiger partial charge in [0.25, 0.3) is 5.91 Å². The standard InChI is InChI=1S/C16H18FN3O2S/c1-22-12-3-2-10-14(19-23-15(10)13(12)17)16(21)18-11-8-20-6-4-9(11)5-7-20/h2-3,9,11H,4-8H2,1H3,(H,18,21)/t11-/m0/s1. The van der Waals surface area contributed by atoms with Crippen LogP contribution in [0.4, 0.5) is 4.39 Å². The van der Waals surface area contributed by atoms with Crippen molar-refractivity contribution in [2.45, 2.75) is 18.9 Å². The van der Waals surface area contributed by atoms with Crippen LogP contribution >= 0.6 is 11.5 Å². The van der Waals surface area contributed by atoms with Crippen LogP contribution in [0.2, 0.25) is 0 Å². The van der Waals surface area contributed by atoms with E-state index in [1.165, 1.54) is 13.2 Å². The second-order valence-electron chi connectivity index (χ2n) is 6.21. The summed E-state index contributed by atoms with van der Waals surface area (Å²) in [6.45, 7) is 3.16. The Morgan fingerprint density at radius 3 is 2.87 bits per heavy atom. The van der Waals surface area contributed by atoms with E-state index in [-0.39, 0.29) is 17.7 Å². The molecule has 0 unspecified atom stereocenters. The highest BCUT2D eigenvalue weighted by molar-refractivity contribution is 7.13. The number of amides is 1. The van der Waals surface area contributed by atoms with Gasteiger partial charge >= 0.3 is 0 Å². The number of carbonyl (C=O) groups excluding carboxylic acids is 1. The Hall–Kier alpha value is -1.73. The number of halogens is 1. The van der Waals surface area contributed by atoms with Crippen LogP contribution in [-0.2, 0) is 0 Å². The number of piperidine rings is 3. The number of carbonyl (C=O) groups is 1. The molecule has 0 spiro atoms. The third-order valence-corrected chi connectivity index (χ3v) is 5.81. The van der Waals surface area contributed by atoms with Gasteiger partial charge < -0.3 is 15.0 Å². The van der Waals surface area contributed by atoms with Crippen LogP contribution in [-0.4, -0.2) is 48.0 Å². The molecule has 3 fully saturated rings. The van der Waals surface area contributed by atoms with E-state index in [9.17, 15) is 9.18 Å². The fourth-order valence-corrected chi connectivity index (χ4v) is 4.45. The van der Waals surface area contributed by atoms with Gasteiger partial charge in [0.2, 0.25) is 0 Å². The lowest BCUT2D eigenvalue weighted by Gasteiger charge is -2.44. The predicted octanol–water partition coefficient (Wildman–Crippen LogP) is 2.27. The molecule has 1 atom stereocenters. The molecule has 1 amide bonds. The van der Waals surface area contributed by atoms with Crippen LogP contribution in [0.1, 0.15) is 23.3 Å². The van der Waals surface area contributed by atoms with Gasteiger partial charge in [-0.1, -0.05) is 0 Å². The van der Waals surface area contributed by atoms with Crippen molar-refractivity contribution in [1.29, 1.82) is 0 Å². The van der Waals surface area contributed by atoms with Gasteiger partial charge in [-0.15, -0.1) is 0 Å². The molecule has 3 aliphatic rings. The minimum atomic E-state index is -0.454. The van der Waals surface area contributed by atoms with E-state index in [0.29, 0.717) is 21.7 Å². The van der Waals surface area contributed by atoms with Crippen LogP contribution in [0, 0.1) is 11.7 Å². The Kier molecular flexibility index (Phi) is 3.69. The SMILES string of the molecule is COc1ccc2c(C(=O)N[C@H]3CN4CCC3CC4)nsc2c1F. The molecule has 3 saturated heterocycles. The molecule has 0 saturated carbocycles. The van der Waals surface area contributed by atoms with Crippen molar-refractivity contribution in [3.63, 3.8) is 0 Å². The van der Waals surface area contributed by atoms with Crippen LogP contribution in [0.25, 0.3) is 10.1 Å². The summed E-state index contributed by atoms with van der Waals surface area (Å²) >= 11 is 1.000. The third kappa shape index (κ3) is 2.48. The van der Waals surface area contributed by atoms with E-state index >= 15 is 0 Å². The van der Waals surface area contributed by atoms with Gasteiger partial charge in [-0.3, -0.25) is 4.79 Å². The lowest BCUT2D eigenvalue weighted by atomic mass is 9.84. The number of methoxy groups -OCH3 is 1. The number of rotatable bonds is 3. The molecule has 1 N–H and O–H groups in total. The zero-order valence-corrected chi connectivity index (χ0v) is 13.7. The third-order valence-electron chi connectivity index (χ3n) is 4.95. The van der Waals surface area contributed by atoms with Crippen LogP contribution in [0.5, 0.6) is 5.75 Å². The molecular formula is C16H18FN3O2S. The maximum absolute atomic E-state index is 14.2. The topological polar surface area (TPSA) is 54.5 Å². The van der Waals surface area contributed by atoms with Gasteiger partial charge in [0.05, 0.1) is 11.8 Å². The van der Waals surface area contributed by atoms with Crippen LogP contribution in [0.15, 0.2) is 12.1 Å². The molecule has 23 heavy (non-hydrogen) atoms. The summed E-state index contributed by atoms with van der Waals surface area (Å²) < 4.78 is 23.8. The number of fused-ring (bicyclic) bond motifs is 4. The summed E-state index contributed by atoms with van der Waals surface area (Å²) in [5.41, 5.74) is 0.308.